The zero-order chi connectivity index (χ0) is 12.3. The predicted octanol–water partition coefficient (Wildman–Crippen LogP) is 1.74. The van der Waals surface area contributed by atoms with Crippen molar-refractivity contribution in [2.24, 2.45) is 5.73 Å². The zero-order valence-electron chi connectivity index (χ0n) is 11.1. The lowest BCUT2D eigenvalue weighted by atomic mass is 10.2. The molecule has 0 saturated carbocycles. The van der Waals surface area contributed by atoms with E-state index in [9.17, 15) is 0 Å². The van der Waals surface area contributed by atoms with E-state index in [1.807, 2.05) is 19.1 Å². The Morgan fingerprint density at radius 2 is 2.28 bits per heavy atom. The van der Waals surface area contributed by atoms with Crippen molar-refractivity contribution in [1.82, 2.24) is 9.88 Å². The molecule has 4 nitrogen and oxygen atoms in total. The van der Waals surface area contributed by atoms with Crippen LogP contribution in [-0.4, -0.2) is 36.1 Å². The topological polar surface area (TPSA) is 51.4 Å². The SMILES string of the molecule is COc1cc(C)nc(CN2CCCC2CN)c1.Cl. The molecule has 0 aliphatic carbocycles. The summed E-state index contributed by atoms with van der Waals surface area (Å²) in [6.45, 7) is 4.74. The summed E-state index contributed by atoms with van der Waals surface area (Å²) in [6.07, 6.45) is 2.45. The van der Waals surface area contributed by atoms with Gasteiger partial charge in [-0.05, 0) is 26.3 Å². The number of halogens is 1. The van der Waals surface area contributed by atoms with Crippen LogP contribution < -0.4 is 10.5 Å². The van der Waals surface area contributed by atoms with Gasteiger partial charge >= 0.3 is 0 Å². The van der Waals surface area contributed by atoms with E-state index in [-0.39, 0.29) is 12.4 Å². The number of methoxy groups -OCH3 is 1. The van der Waals surface area contributed by atoms with Gasteiger partial charge in [0.25, 0.3) is 0 Å². The summed E-state index contributed by atoms with van der Waals surface area (Å²) < 4.78 is 5.27. The smallest absolute Gasteiger partial charge is 0.122 e. The molecule has 0 spiro atoms. The van der Waals surface area contributed by atoms with Gasteiger partial charge in [0, 0.05) is 37.0 Å². The molecule has 2 rings (SSSR count). The van der Waals surface area contributed by atoms with E-state index in [1.54, 1.807) is 7.11 Å². The molecule has 0 bridgehead atoms. The molecule has 0 amide bonds. The van der Waals surface area contributed by atoms with Gasteiger partial charge < -0.3 is 10.5 Å². The minimum atomic E-state index is 0. The number of nitrogens with zero attached hydrogens (tertiary/aromatic N) is 2. The first-order chi connectivity index (χ1) is 8.22. The Morgan fingerprint density at radius 3 is 2.94 bits per heavy atom. The number of aryl methyl sites for hydroxylation is 1. The Morgan fingerprint density at radius 1 is 1.50 bits per heavy atom. The third-order valence-electron chi connectivity index (χ3n) is 3.35. The average Bonchev–Trinajstić information content (AvgIpc) is 2.75. The van der Waals surface area contributed by atoms with Crippen molar-refractivity contribution in [3.8, 4) is 5.75 Å². The second-order valence-electron chi connectivity index (χ2n) is 4.64. The van der Waals surface area contributed by atoms with Gasteiger partial charge in [0.15, 0.2) is 0 Å². The lowest BCUT2D eigenvalue weighted by Crippen LogP contribution is -2.35. The van der Waals surface area contributed by atoms with Crippen molar-refractivity contribution in [2.45, 2.75) is 32.4 Å². The van der Waals surface area contributed by atoms with Crippen LogP contribution in [0.4, 0.5) is 0 Å². The fourth-order valence-electron chi connectivity index (χ4n) is 2.48. The molecule has 1 fully saturated rings. The highest BCUT2D eigenvalue weighted by atomic mass is 35.5. The van der Waals surface area contributed by atoms with Gasteiger partial charge in [0.2, 0.25) is 0 Å². The molecule has 5 heteroatoms. The van der Waals surface area contributed by atoms with Gasteiger partial charge in [0.1, 0.15) is 5.75 Å². The number of nitrogens with two attached hydrogens (primary N) is 1. The van der Waals surface area contributed by atoms with Crippen LogP contribution >= 0.6 is 12.4 Å². The number of rotatable bonds is 4. The van der Waals surface area contributed by atoms with E-state index < -0.39 is 0 Å². The predicted molar refractivity (Wildman–Crippen MR) is 75.3 cm³/mol. The van der Waals surface area contributed by atoms with Crippen LogP contribution in [0.15, 0.2) is 12.1 Å². The van der Waals surface area contributed by atoms with Crippen LogP contribution in [-0.2, 0) is 6.54 Å². The van der Waals surface area contributed by atoms with E-state index >= 15 is 0 Å². The van der Waals surface area contributed by atoms with Gasteiger partial charge in [-0.1, -0.05) is 0 Å². The first kappa shape index (κ1) is 15.2. The monoisotopic (exact) mass is 271 g/mol. The molecule has 1 saturated heterocycles. The molecule has 2 N–H and O–H groups in total. The van der Waals surface area contributed by atoms with E-state index in [0.29, 0.717) is 6.04 Å². The van der Waals surface area contributed by atoms with Gasteiger partial charge in [-0.15, -0.1) is 12.4 Å². The number of aromatic nitrogens is 1. The Bertz CT molecular complexity index is 386. The number of likely N-dealkylation sites (tertiary alicyclic amines) is 1. The summed E-state index contributed by atoms with van der Waals surface area (Å²) in [6, 6.07) is 4.48. The Labute approximate surface area is 115 Å². The average molecular weight is 272 g/mol. The molecule has 2 heterocycles. The molecule has 1 atom stereocenters. The number of hydrogen-bond donors (Lipinski definition) is 1. The normalized spacial score (nSPS) is 19.6. The summed E-state index contributed by atoms with van der Waals surface area (Å²) in [7, 11) is 1.69. The number of hydrogen-bond acceptors (Lipinski definition) is 4. The quantitative estimate of drug-likeness (QED) is 0.906. The first-order valence-corrected chi connectivity index (χ1v) is 6.18. The van der Waals surface area contributed by atoms with Crippen LogP contribution in [0, 0.1) is 6.92 Å². The molecular weight excluding hydrogens is 250 g/mol. The first-order valence-electron chi connectivity index (χ1n) is 6.18. The third kappa shape index (κ3) is 3.57. The Balaban J connectivity index is 0.00000162. The second kappa shape index (κ2) is 6.92. The van der Waals surface area contributed by atoms with E-state index in [0.717, 1.165) is 36.8 Å². The molecule has 1 aromatic heterocycles. The lowest BCUT2D eigenvalue weighted by molar-refractivity contribution is 0.247. The number of pyridine rings is 1. The minimum absolute atomic E-state index is 0. The van der Waals surface area contributed by atoms with E-state index in [2.05, 4.69) is 9.88 Å². The van der Waals surface area contributed by atoms with Crippen LogP contribution in [0.1, 0.15) is 24.2 Å². The zero-order valence-corrected chi connectivity index (χ0v) is 11.9. The lowest BCUT2D eigenvalue weighted by Gasteiger charge is -2.22. The van der Waals surface area contributed by atoms with Crippen molar-refractivity contribution < 1.29 is 4.74 Å². The highest BCUT2D eigenvalue weighted by molar-refractivity contribution is 5.85. The van der Waals surface area contributed by atoms with Crippen LogP contribution in [0.5, 0.6) is 5.75 Å². The molecule has 0 radical (unpaired) electrons. The fraction of sp³-hybridized carbons (Fsp3) is 0.615. The van der Waals surface area contributed by atoms with Gasteiger partial charge in [-0.3, -0.25) is 9.88 Å². The van der Waals surface area contributed by atoms with Crippen molar-refractivity contribution in [1.29, 1.82) is 0 Å². The van der Waals surface area contributed by atoms with Gasteiger partial charge in [0.05, 0.1) is 12.8 Å². The van der Waals surface area contributed by atoms with Gasteiger partial charge in [-0.25, -0.2) is 0 Å². The van der Waals surface area contributed by atoms with Crippen molar-refractivity contribution in [2.75, 3.05) is 20.2 Å². The second-order valence-corrected chi connectivity index (χ2v) is 4.64. The summed E-state index contributed by atoms with van der Waals surface area (Å²) in [5.41, 5.74) is 7.85. The molecular formula is C13H22ClN3O. The van der Waals surface area contributed by atoms with Crippen molar-refractivity contribution in [3.05, 3.63) is 23.5 Å². The summed E-state index contributed by atoms with van der Waals surface area (Å²) in [5.74, 6) is 0.885. The van der Waals surface area contributed by atoms with Crippen molar-refractivity contribution >= 4 is 12.4 Å². The van der Waals surface area contributed by atoms with Crippen molar-refractivity contribution in [3.63, 3.8) is 0 Å². The highest BCUT2D eigenvalue weighted by Crippen LogP contribution is 2.20. The Kier molecular flexibility index (Phi) is 5.85. The molecule has 1 aliphatic heterocycles. The molecule has 1 aromatic rings. The molecule has 1 unspecified atom stereocenters. The van der Waals surface area contributed by atoms with E-state index in [4.69, 9.17) is 10.5 Å². The standard InChI is InChI=1S/C13H21N3O.ClH/c1-10-6-13(17-2)7-11(15-10)9-16-5-3-4-12(16)8-14;/h6-7,12H,3-5,8-9,14H2,1-2H3;1H. The molecule has 1 aliphatic rings. The van der Waals surface area contributed by atoms with Crippen LogP contribution in [0.25, 0.3) is 0 Å². The minimum Gasteiger partial charge on any atom is -0.497 e. The maximum absolute atomic E-state index is 5.78. The summed E-state index contributed by atoms with van der Waals surface area (Å²) in [5, 5.41) is 0. The maximum Gasteiger partial charge on any atom is 0.122 e. The van der Waals surface area contributed by atoms with Gasteiger partial charge in [-0.2, -0.15) is 0 Å². The largest absolute Gasteiger partial charge is 0.497 e. The fourth-order valence-corrected chi connectivity index (χ4v) is 2.48. The van der Waals surface area contributed by atoms with E-state index in [1.165, 1.54) is 12.8 Å². The van der Waals surface area contributed by atoms with Crippen LogP contribution in [0.3, 0.4) is 0 Å². The molecule has 18 heavy (non-hydrogen) atoms. The number of ether oxygens (including phenoxy) is 1. The maximum atomic E-state index is 5.78. The summed E-state index contributed by atoms with van der Waals surface area (Å²) in [4.78, 5) is 6.97. The molecule has 102 valence electrons. The van der Waals surface area contributed by atoms with Crippen LogP contribution in [0.2, 0.25) is 0 Å². The Hall–Kier alpha value is -0.840. The summed E-state index contributed by atoms with van der Waals surface area (Å²) >= 11 is 0. The highest BCUT2D eigenvalue weighted by Gasteiger charge is 2.23. The molecule has 0 aromatic carbocycles. The third-order valence-corrected chi connectivity index (χ3v) is 3.35.